The predicted octanol–water partition coefficient (Wildman–Crippen LogP) is 6.66. The van der Waals surface area contributed by atoms with Crippen LogP contribution in [0.1, 0.15) is 40.4 Å². The van der Waals surface area contributed by atoms with Crippen LogP contribution in [-0.2, 0) is 32.1 Å². The van der Waals surface area contributed by atoms with Gasteiger partial charge in [-0.05, 0) is 77.9 Å². The van der Waals surface area contributed by atoms with Gasteiger partial charge in [0.05, 0.1) is 0 Å². The lowest BCUT2D eigenvalue weighted by molar-refractivity contribution is 0.572. The van der Waals surface area contributed by atoms with E-state index in [2.05, 4.69) is 24.0 Å². The number of nitrogens with zero attached hydrogens (tertiary/aromatic N) is 2. The molecule has 0 N–H and O–H groups in total. The molecular weight excluding hydrogens is 421 g/mol. The first-order chi connectivity index (χ1) is 16.0. The third kappa shape index (κ3) is 5.06. The maximum absolute atomic E-state index is 15.1. The first kappa shape index (κ1) is 22.5. The number of pyridine rings is 1. The highest BCUT2D eigenvalue weighted by Crippen LogP contribution is 2.25. The van der Waals surface area contributed by atoms with Crippen molar-refractivity contribution in [2.24, 2.45) is 0 Å². The van der Waals surface area contributed by atoms with E-state index in [1.165, 1.54) is 11.6 Å². The van der Waals surface area contributed by atoms with Crippen LogP contribution in [0.3, 0.4) is 0 Å². The smallest absolute Gasteiger partial charge is 0.144 e. The monoisotopic (exact) mass is 444 g/mol. The SMILES string of the molecule is CCc1ccc(CCc2ccc3c(F)c(CCc4cc(F)c(C#N)c(F)c4)ccc3c2)nc1. The zero-order valence-electron chi connectivity index (χ0n) is 18.3. The Bertz CT molecular complexity index is 1320. The van der Waals surface area contributed by atoms with E-state index in [0.717, 1.165) is 48.0 Å². The van der Waals surface area contributed by atoms with Crippen LogP contribution in [0.5, 0.6) is 0 Å². The highest BCUT2D eigenvalue weighted by molar-refractivity contribution is 5.84. The normalized spacial score (nSPS) is 11.0. The molecule has 0 amide bonds. The third-order valence-electron chi connectivity index (χ3n) is 5.96. The lowest BCUT2D eigenvalue weighted by Crippen LogP contribution is -2.00. The molecule has 4 aromatic rings. The summed E-state index contributed by atoms with van der Waals surface area (Å²) in [4.78, 5) is 4.50. The molecule has 0 radical (unpaired) electrons. The van der Waals surface area contributed by atoms with E-state index in [1.807, 2.05) is 24.4 Å². The number of benzene rings is 3. The van der Waals surface area contributed by atoms with E-state index in [1.54, 1.807) is 12.1 Å². The van der Waals surface area contributed by atoms with Gasteiger partial charge in [-0.25, -0.2) is 13.2 Å². The van der Waals surface area contributed by atoms with Gasteiger partial charge in [0, 0.05) is 17.3 Å². The topological polar surface area (TPSA) is 36.7 Å². The molecule has 0 aliphatic heterocycles. The minimum atomic E-state index is -0.893. The van der Waals surface area contributed by atoms with E-state index in [-0.39, 0.29) is 12.2 Å². The number of aryl methyl sites for hydroxylation is 5. The van der Waals surface area contributed by atoms with Crippen molar-refractivity contribution in [1.82, 2.24) is 4.98 Å². The Hall–Kier alpha value is -3.65. The summed E-state index contributed by atoms with van der Waals surface area (Å²) in [6, 6.07) is 17.3. The Morgan fingerprint density at radius 2 is 1.52 bits per heavy atom. The highest BCUT2D eigenvalue weighted by Gasteiger charge is 2.13. The number of halogens is 3. The Morgan fingerprint density at radius 3 is 2.18 bits per heavy atom. The summed E-state index contributed by atoms with van der Waals surface area (Å²) >= 11 is 0. The van der Waals surface area contributed by atoms with Gasteiger partial charge in [0.25, 0.3) is 0 Å². The summed E-state index contributed by atoms with van der Waals surface area (Å²) < 4.78 is 42.8. The average molecular weight is 445 g/mol. The van der Waals surface area contributed by atoms with Crippen molar-refractivity contribution in [2.45, 2.75) is 39.0 Å². The second-order valence-electron chi connectivity index (χ2n) is 8.15. The molecule has 0 fully saturated rings. The van der Waals surface area contributed by atoms with Gasteiger partial charge >= 0.3 is 0 Å². The fraction of sp³-hybridized carbons (Fsp3) is 0.214. The maximum Gasteiger partial charge on any atom is 0.144 e. The molecule has 4 rings (SSSR count). The lowest BCUT2D eigenvalue weighted by Gasteiger charge is -2.10. The Kier molecular flexibility index (Phi) is 6.74. The molecule has 1 aromatic heterocycles. The molecule has 0 aliphatic rings. The van der Waals surface area contributed by atoms with Crippen molar-refractivity contribution in [3.8, 4) is 6.07 Å². The quantitative estimate of drug-likeness (QED) is 0.320. The third-order valence-corrected chi connectivity index (χ3v) is 5.96. The zero-order valence-corrected chi connectivity index (χ0v) is 18.3. The standard InChI is InChI=1S/C28H23F3N2/c1-2-18-4-10-23(33-17-18)11-5-19-6-12-24-22(13-19)9-8-21(28(24)31)7-3-20-14-26(29)25(16-32)27(30)15-20/h4,6,8-10,12-15,17H,2-3,5,7,11H2,1H3. The molecule has 1 heterocycles. The molecule has 3 aromatic carbocycles. The van der Waals surface area contributed by atoms with Crippen molar-refractivity contribution in [1.29, 1.82) is 5.26 Å². The van der Waals surface area contributed by atoms with Gasteiger partial charge in [-0.2, -0.15) is 5.26 Å². The first-order valence-corrected chi connectivity index (χ1v) is 11.0. The zero-order chi connectivity index (χ0) is 23.4. The summed E-state index contributed by atoms with van der Waals surface area (Å²) in [7, 11) is 0. The largest absolute Gasteiger partial charge is 0.261 e. The minimum absolute atomic E-state index is 0.268. The highest BCUT2D eigenvalue weighted by atomic mass is 19.1. The van der Waals surface area contributed by atoms with Gasteiger partial charge in [0.1, 0.15) is 29.1 Å². The molecule has 0 atom stereocenters. The number of aromatic nitrogens is 1. The van der Waals surface area contributed by atoms with Crippen LogP contribution in [0.15, 0.2) is 60.8 Å². The van der Waals surface area contributed by atoms with Gasteiger partial charge in [-0.15, -0.1) is 0 Å². The number of hydrogen-bond donors (Lipinski definition) is 0. The van der Waals surface area contributed by atoms with Gasteiger partial charge in [0.15, 0.2) is 0 Å². The summed E-state index contributed by atoms with van der Waals surface area (Å²) in [6.45, 7) is 2.10. The second-order valence-corrected chi connectivity index (χ2v) is 8.15. The molecule has 0 spiro atoms. The Balaban J connectivity index is 1.47. The molecule has 0 bridgehead atoms. The molecule has 0 aliphatic carbocycles. The van der Waals surface area contributed by atoms with Gasteiger partial charge < -0.3 is 0 Å². The molecular formula is C28H23F3N2. The van der Waals surface area contributed by atoms with Crippen LogP contribution in [0.4, 0.5) is 13.2 Å². The van der Waals surface area contributed by atoms with E-state index in [4.69, 9.17) is 5.26 Å². The number of hydrogen-bond acceptors (Lipinski definition) is 2. The van der Waals surface area contributed by atoms with Crippen molar-refractivity contribution < 1.29 is 13.2 Å². The van der Waals surface area contributed by atoms with Crippen molar-refractivity contribution in [2.75, 3.05) is 0 Å². The number of nitriles is 1. The van der Waals surface area contributed by atoms with Crippen LogP contribution < -0.4 is 0 Å². The predicted molar refractivity (Wildman–Crippen MR) is 123 cm³/mol. The minimum Gasteiger partial charge on any atom is -0.261 e. The van der Waals surface area contributed by atoms with E-state index in [9.17, 15) is 8.78 Å². The van der Waals surface area contributed by atoms with Gasteiger partial charge in [-0.1, -0.05) is 43.3 Å². The summed E-state index contributed by atoms with van der Waals surface area (Å²) in [5.41, 5.74) is 3.63. The lowest BCUT2D eigenvalue weighted by atomic mass is 9.97. The van der Waals surface area contributed by atoms with Crippen molar-refractivity contribution in [3.05, 3.63) is 112 Å². The fourth-order valence-corrected chi connectivity index (χ4v) is 3.98. The number of fused-ring (bicyclic) bond motifs is 1. The van der Waals surface area contributed by atoms with Gasteiger partial charge in [-0.3, -0.25) is 4.98 Å². The molecule has 0 saturated carbocycles. The van der Waals surface area contributed by atoms with E-state index in [0.29, 0.717) is 22.9 Å². The Morgan fingerprint density at radius 1 is 0.788 bits per heavy atom. The average Bonchev–Trinajstić information content (AvgIpc) is 2.82. The molecule has 0 unspecified atom stereocenters. The second kappa shape index (κ2) is 9.87. The molecule has 5 heteroatoms. The van der Waals surface area contributed by atoms with Crippen LogP contribution in [0, 0.1) is 28.8 Å². The van der Waals surface area contributed by atoms with E-state index < -0.39 is 17.2 Å². The molecule has 166 valence electrons. The Labute approximate surface area is 191 Å². The summed E-state index contributed by atoms with van der Waals surface area (Å²) in [6.07, 6.45) is 5.07. The van der Waals surface area contributed by atoms with Crippen molar-refractivity contribution in [3.63, 3.8) is 0 Å². The summed E-state index contributed by atoms with van der Waals surface area (Å²) in [5, 5.41) is 10.1. The first-order valence-electron chi connectivity index (χ1n) is 11.0. The van der Waals surface area contributed by atoms with Crippen molar-refractivity contribution >= 4 is 10.8 Å². The van der Waals surface area contributed by atoms with E-state index >= 15 is 4.39 Å². The van der Waals surface area contributed by atoms with Gasteiger partial charge in [0.2, 0.25) is 0 Å². The number of rotatable bonds is 7. The van der Waals surface area contributed by atoms with Crippen LogP contribution in [0.2, 0.25) is 0 Å². The molecule has 33 heavy (non-hydrogen) atoms. The molecule has 2 nitrogen and oxygen atoms in total. The van der Waals surface area contributed by atoms with Crippen LogP contribution in [-0.4, -0.2) is 4.98 Å². The van der Waals surface area contributed by atoms with Crippen LogP contribution >= 0.6 is 0 Å². The fourth-order valence-electron chi connectivity index (χ4n) is 3.98. The summed E-state index contributed by atoms with van der Waals surface area (Å²) in [5.74, 6) is -2.10. The molecule has 0 saturated heterocycles. The maximum atomic E-state index is 15.1. The van der Waals surface area contributed by atoms with Crippen LogP contribution in [0.25, 0.3) is 10.8 Å².